The first-order valence-electron chi connectivity index (χ1n) is 5.61. The van der Waals surface area contributed by atoms with Crippen LogP contribution < -0.4 is 5.73 Å². The number of oxazole rings is 1. The van der Waals surface area contributed by atoms with E-state index in [1.807, 2.05) is 0 Å². The molecule has 3 rings (SSSR count). The second-order valence-electron chi connectivity index (χ2n) is 4.40. The van der Waals surface area contributed by atoms with Crippen LogP contribution in [0.25, 0.3) is 11.1 Å². The zero-order valence-electron chi connectivity index (χ0n) is 9.28. The highest BCUT2D eigenvalue weighted by Crippen LogP contribution is 2.31. The zero-order chi connectivity index (χ0) is 11.9. The number of benzene rings is 1. The fourth-order valence-corrected chi connectivity index (χ4v) is 2.06. The Morgan fingerprint density at radius 3 is 2.82 bits per heavy atom. The predicted molar refractivity (Wildman–Crippen MR) is 59.9 cm³/mol. The molecule has 0 aliphatic carbocycles. The number of nitrogens with two attached hydrogens (primary N) is 1. The third-order valence-electron chi connectivity index (χ3n) is 3.16. The average Bonchev–Trinajstić information content (AvgIpc) is 2.73. The van der Waals surface area contributed by atoms with Gasteiger partial charge in [0.05, 0.1) is 5.54 Å². The van der Waals surface area contributed by atoms with Gasteiger partial charge in [-0.2, -0.15) is 0 Å². The lowest BCUT2D eigenvalue weighted by molar-refractivity contribution is 0.0429. The van der Waals surface area contributed by atoms with E-state index in [9.17, 15) is 4.39 Å². The number of aromatic nitrogens is 1. The lowest BCUT2D eigenvalue weighted by Gasteiger charge is -2.29. The number of nitrogens with zero attached hydrogens (tertiary/aromatic N) is 1. The lowest BCUT2D eigenvalue weighted by atomic mass is 9.91. The Kier molecular flexibility index (Phi) is 2.38. The molecule has 1 aromatic carbocycles. The first-order chi connectivity index (χ1) is 8.17. The second kappa shape index (κ2) is 3.78. The second-order valence-corrected chi connectivity index (χ2v) is 4.40. The first kappa shape index (κ1) is 10.7. The molecule has 2 aromatic rings. The van der Waals surface area contributed by atoms with Crippen LogP contribution in [0.1, 0.15) is 18.7 Å². The summed E-state index contributed by atoms with van der Waals surface area (Å²) in [6.07, 6.45) is 1.34. The van der Waals surface area contributed by atoms with Crippen molar-refractivity contribution in [1.29, 1.82) is 0 Å². The van der Waals surface area contributed by atoms with Crippen LogP contribution in [-0.2, 0) is 10.3 Å². The van der Waals surface area contributed by atoms with E-state index in [0.29, 0.717) is 43.0 Å². The molecule has 17 heavy (non-hydrogen) atoms. The van der Waals surface area contributed by atoms with Crippen LogP contribution in [0.15, 0.2) is 22.6 Å². The molecule has 1 saturated heterocycles. The lowest BCUT2D eigenvalue weighted by Crippen LogP contribution is -2.42. The van der Waals surface area contributed by atoms with Crippen molar-refractivity contribution in [3.8, 4) is 0 Å². The van der Waals surface area contributed by atoms with Crippen molar-refractivity contribution in [2.45, 2.75) is 18.4 Å². The SMILES string of the molecule is NC1(c2nc3ccc(F)cc3o2)CCOCC1. The Labute approximate surface area is 97.6 Å². The predicted octanol–water partition coefficient (Wildman–Crippen LogP) is 1.93. The molecule has 5 heteroatoms. The molecule has 1 aromatic heterocycles. The van der Waals surface area contributed by atoms with Gasteiger partial charge in [-0.25, -0.2) is 9.37 Å². The molecule has 2 N–H and O–H groups in total. The van der Waals surface area contributed by atoms with E-state index in [1.54, 1.807) is 6.07 Å². The fourth-order valence-electron chi connectivity index (χ4n) is 2.06. The molecule has 90 valence electrons. The van der Waals surface area contributed by atoms with Gasteiger partial charge in [0.2, 0.25) is 5.89 Å². The van der Waals surface area contributed by atoms with Crippen molar-refractivity contribution in [1.82, 2.24) is 4.98 Å². The molecule has 2 heterocycles. The van der Waals surface area contributed by atoms with Gasteiger partial charge < -0.3 is 14.9 Å². The third-order valence-corrected chi connectivity index (χ3v) is 3.16. The molecule has 0 saturated carbocycles. The summed E-state index contributed by atoms with van der Waals surface area (Å²) in [5.41, 5.74) is 6.74. The molecule has 0 unspecified atom stereocenters. The third kappa shape index (κ3) is 1.81. The van der Waals surface area contributed by atoms with Gasteiger partial charge in [0, 0.05) is 19.3 Å². The largest absolute Gasteiger partial charge is 0.439 e. The molecule has 0 spiro atoms. The smallest absolute Gasteiger partial charge is 0.215 e. The van der Waals surface area contributed by atoms with Gasteiger partial charge in [-0.1, -0.05) is 0 Å². The van der Waals surface area contributed by atoms with E-state index < -0.39 is 5.54 Å². The maximum atomic E-state index is 13.0. The number of halogens is 1. The zero-order valence-corrected chi connectivity index (χ0v) is 9.28. The van der Waals surface area contributed by atoms with Crippen LogP contribution in [0.5, 0.6) is 0 Å². The van der Waals surface area contributed by atoms with Gasteiger partial charge in [0.15, 0.2) is 5.58 Å². The highest BCUT2D eigenvalue weighted by molar-refractivity contribution is 5.72. The van der Waals surface area contributed by atoms with Crippen molar-refractivity contribution in [2.75, 3.05) is 13.2 Å². The van der Waals surface area contributed by atoms with Crippen LogP contribution in [-0.4, -0.2) is 18.2 Å². The van der Waals surface area contributed by atoms with Crippen LogP contribution in [0.4, 0.5) is 4.39 Å². The molecular weight excluding hydrogens is 223 g/mol. The van der Waals surface area contributed by atoms with E-state index in [4.69, 9.17) is 14.9 Å². The highest BCUT2D eigenvalue weighted by Gasteiger charge is 2.35. The minimum atomic E-state index is -0.590. The van der Waals surface area contributed by atoms with Crippen LogP contribution >= 0.6 is 0 Å². The van der Waals surface area contributed by atoms with Crippen molar-refractivity contribution in [2.24, 2.45) is 5.73 Å². The van der Waals surface area contributed by atoms with Crippen molar-refractivity contribution in [3.05, 3.63) is 29.9 Å². The molecule has 1 aliphatic rings. The monoisotopic (exact) mass is 236 g/mol. The summed E-state index contributed by atoms with van der Waals surface area (Å²) in [6.45, 7) is 1.20. The topological polar surface area (TPSA) is 61.3 Å². The molecule has 1 aliphatic heterocycles. The average molecular weight is 236 g/mol. The summed E-state index contributed by atoms with van der Waals surface area (Å²) in [5, 5.41) is 0. The molecule has 0 bridgehead atoms. The van der Waals surface area contributed by atoms with Crippen LogP contribution in [0, 0.1) is 5.82 Å². The van der Waals surface area contributed by atoms with E-state index in [-0.39, 0.29) is 5.82 Å². The maximum Gasteiger partial charge on any atom is 0.215 e. The molecule has 0 amide bonds. The van der Waals surface area contributed by atoms with Crippen LogP contribution in [0.3, 0.4) is 0 Å². The number of ether oxygens (including phenoxy) is 1. The summed E-state index contributed by atoms with van der Waals surface area (Å²) >= 11 is 0. The molecule has 1 fully saturated rings. The van der Waals surface area contributed by atoms with E-state index in [0.717, 1.165) is 0 Å². The fraction of sp³-hybridized carbons (Fsp3) is 0.417. The van der Waals surface area contributed by atoms with Crippen LogP contribution in [0.2, 0.25) is 0 Å². The van der Waals surface area contributed by atoms with E-state index in [1.165, 1.54) is 12.1 Å². The van der Waals surface area contributed by atoms with Gasteiger partial charge in [0.1, 0.15) is 11.3 Å². The Morgan fingerprint density at radius 1 is 1.29 bits per heavy atom. The molecule has 0 atom stereocenters. The van der Waals surface area contributed by atoms with Crippen molar-refractivity contribution in [3.63, 3.8) is 0 Å². The number of hydrogen-bond acceptors (Lipinski definition) is 4. The Bertz CT molecular complexity index is 546. The van der Waals surface area contributed by atoms with Gasteiger partial charge >= 0.3 is 0 Å². The Hall–Kier alpha value is -1.46. The Balaban J connectivity index is 2.05. The number of rotatable bonds is 1. The maximum absolute atomic E-state index is 13.0. The summed E-state index contributed by atoms with van der Waals surface area (Å²) in [7, 11) is 0. The summed E-state index contributed by atoms with van der Waals surface area (Å²) < 4.78 is 23.9. The highest BCUT2D eigenvalue weighted by atomic mass is 19.1. The summed E-state index contributed by atoms with van der Waals surface area (Å²) in [5.74, 6) is 0.139. The normalized spacial score (nSPS) is 19.6. The van der Waals surface area contributed by atoms with E-state index in [2.05, 4.69) is 4.98 Å². The summed E-state index contributed by atoms with van der Waals surface area (Å²) in [4.78, 5) is 4.34. The van der Waals surface area contributed by atoms with E-state index >= 15 is 0 Å². The molecule has 4 nitrogen and oxygen atoms in total. The minimum Gasteiger partial charge on any atom is -0.439 e. The number of fused-ring (bicyclic) bond motifs is 1. The summed E-state index contributed by atoms with van der Waals surface area (Å²) in [6, 6.07) is 4.29. The standard InChI is InChI=1S/C12H13FN2O2/c13-8-1-2-9-10(7-8)17-11(15-9)12(14)3-5-16-6-4-12/h1-2,7H,3-6,14H2. The minimum absolute atomic E-state index is 0.335. The molecular formula is C12H13FN2O2. The van der Waals surface area contributed by atoms with Gasteiger partial charge in [0.25, 0.3) is 0 Å². The Morgan fingerprint density at radius 2 is 2.06 bits per heavy atom. The van der Waals surface area contributed by atoms with Crippen molar-refractivity contribution >= 4 is 11.1 Å². The number of hydrogen-bond donors (Lipinski definition) is 1. The van der Waals surface area contributed by atoms with Gasteiger partial charge in [-0.05, 0) is 25.0 Å². The van der Waals surface area contributed by atoms with Gasteiger partial charge in [-0.15, -0.1) is 0 Å². The van der Waals surface area contributed by atoms with Gasteiger partial charge in [-0.3, -0.25) is 0 Å². The molecule has 0 radical (unpaired) electrons. The quantitative estimate of drug-likeness (QED) is 0.821. The first-order valence-corrected chi connectivity index (χ1v) is 5.61. The van der Waals surface area contributed by atoms with Crippen molar-refractivity contribution < 1.29 is 13.5 Å².